The molecular weight excluding hydrogens is 813 g/mol. The summed E-state index contributed by atoms with van der Waals surface area (Å²) in [6.07, 6.45) is 0. The van der Waals surface area contributed by atoms with E-state index in [0.29, 0.717) is 0 Å². The normalized spacial score (nSPS) is 11.6. The average molecular weight is 855 g/mol. The standard InChI is InChI=1S/C64H42N2O/c1-4-14-43(15-5-1)44-26-31-55(32-27-44)65(53-16-6-2-7-17-53)56-33-28-45-36-46(24-25-47(45)40-56)50-37-51(39-52(38-50)49-30-35-64-60(42-49)58-21-11-13-23-63(58)67-64)48-29-34-62-59(41-48)57-20-10-12-22-61(57)66(62)54-18-8-3-9-19-54/h1-42H. The van der Waals surface area contributed by atoms with Crippen LogP contribution < -0.4 is 4.90 Å². The molecule has 0 saturated heterocycles. The maximum atomic E-state index is 6.27. The van der Waals surface area contributed by atoms with Crippen LogP contribution in [0.3, 0.4) is 0 Å². The maximum absolute atomic E-state index is 6.27. The molecule has 0 N–H and O–H groups in total. The molecule has 0 fully saturated rings. The summed E-state index contributed by atoms with van der Waals surface area (Å²) in [6.45, 7) is 0. The van der Waals surface area contributed by atoms with E-state index < -0.39 is 0 Å². The van der Waals surface area contributed by atoms with E-state index >= 15 is 0 Å². The highest BCUT2D eigenvalue weighted by atomic mass is 16.3. The molecule has 0 aliphatic rings. The molecule has 2 aromatic heterocycles. The molecular formula is C64H42N2O. The minimum atomic E-state index is 0.894. The van der Waals surface area contributed by atoms with Gasteiger partial charge in [-0.05, 0) is 164 Å². The second-order valence-corrected chi connectivity index (χ2v) is 17.4. The van der Waals surface area contributed by atoms with Gasteiger partial charge >= 0.3 is 0 Å². The number of para-hydroxylation sites is 4. The largest absolute Gasteiger partial charge is 0.456 e. The predicted molar refractivity (Wildman–Crippen MR) is 282 cm³/mol. The zero-order chi connectivity index (χ0) is 44.3. The predicted octanol–water partition coefficient (Wildman–Crippen LogP) is 18.0. The van der Waals surface area contributed by atoms with Crippen molar-refractivity contribution in [1.29, 1.82) is 0 Å². The molecule has 11 aromatic carbocycles. The molecule has 67 heavy (non-hydrogen) atoms. The van der Waals surface area contributed by atoms with Crippen molar-refractivity contribution in [3.05, 3.63) is 255 Å². The minimum absolute atomic E-state index is 0.894. The van der Waals surface area contributed by atoms with Gasteiger partial charge in [0.25, 0.3) is 0 Å². The van der Waals surface area contributed by atoms with E-state index in [1.54, 1.807) is 0 Å². The summed E-state index contributed by atoms with van der Waals surface area (Å²) >= 11 is 0. The second-order valence-electron chi connectivity index (χ2n) is 17.4. The van der Waals surface area contributed by atoms with Gasteiger partial charge in [-0.25, -0.2) is 0 Å². The number of fused-ring (bicyclic) bond motifs is 7. The molecule has 13 aromatic rings. The molecule has 0 radical (unpaired) electrons. The van der Waals surface area contributed by atoms with Crippen molar-refractivity contribution in [2.75, 3.05) is 4.90 Å². The number of nitrogens with zero attached hydrogens (tertiary/aromatic N) is 2. The van der Waals surface area contributed by atoms with Crippen LogP contribution in [0, 0.1) is 0 Å². The van der Waals surface area contributed by atoms with Crippen LogP contribution in [0.1, 0.15) is 0 Å². The first-order chi connectivity index (χ1) is 33.2. The van der Waals surface area contributed by atoms with Gasteiger partial charge in [-0.1, -0.05) is 146 Å². The molecule has 13 rings (SSSR count). The lowest BCUT2D eigenvalue weighted by Crippen LogP contribution is -2.09. The highest BCUT2D eigenvalue weighted by Crippen LogP contribution is 2.41. The number of anilines is 3. The van der Waals surface area contributed by atoms with Gasteiger partial charge in [0, 0.05) is 44.3 Å². The monoisotopic (exact) mass is 854 g/mol. The molecule has 0 atom stereocenters. The molecule has 0 aliphatic carbocycles. The molecule has 0 aliphatic heterocycles. The van der Waals surface area contributed by atoms with Crippen molar-refractivity contribution in [3.63, 3.8) is 0 Å². The first-order valence-electron chi connectivity index (χ1n) is 22.9. The third kappa shape index (κ3) is 6.84. The molecule has 314 valence electrons. The van der Waals surface area contributed by atoms with Gasteiger partial charge in [0.2, 0.25) is 0 Å². The fourth-order valence-electron chi connectivity index (χ4n) is 10.1. The lowest BCUT2D eigenvalue weighted by atomic mass is 9.91. The van der Waals surface area contributed by atoms with E-state index in [1.807, 2.05) is 12.1 Å². The Labute approximate surface area is 388 Å². The van der Waals surface area contributed by atoms with E-state index in [1.165, 1.54) is 49.3 Å². The molecule has 0 unspecified atom stereocenters. The summed E-state index contributed by atoms with van der Waals surface area (Å²) in [5.74, 6) is 0. The van der Waals surface area contributed by atoms with Crippen LogP contribution in [0.15, 0.2) is 259 Å². The molecule has 0 spiro atoms. The zero-order valence-electron chi connectivity index (χ0n) is 36.6. The van der Waals surface area contributed by atoms with Crippen molar-refractivity contribution in [2.24, 2.45) is 0 Å². The van der Waals surface area contributed by atoms with E-state index in [-0.39, 0.29) is 0 Å². The smallest absolute Gasteiger partial charge is 0.135 e. The highest BCUT2D eigenvalue weighted by molar-refractivity contribution is 6.11. The van der Waals surface area contributed by atoms with Crippen molar-refractivity contribution in [3.8, 4) is 50.2 Å². The highest BCUT2D eigenvalue weighted by Gasteiger charge is 2.17. The van der Waals surface area contributed by atoms with Crippen LogP contribution in [0.4, 0.5) is 17.1 Å². The van der Waals surface area contributed by atoms with Gasteiger partial charge in [0.15, 0.2) is 0 Å². The Morgan fingerprint density at radius 2 is 0.761 bits per heavy atom. The van der Waals surface area contributed by atoms with Crippen molar-refractivity contribution >= 4 is 71.6 Å². The van der Waals surface area contributed by atoms with Crippen LogP contribution in [-0.2, 0) is 0 Å². The third-order valence-electron chi connectivity index (χ3n) is 13.3. The van der Waals surface area contributed by atoms with Crippen LogP contribution >= 0.6 is 0 Å². The number of rotatable bonds is 8. The number of hydrogen-bond donors (Lipinski definition) is 0. The Morgan fingerprint density at radius 1 is 0.269 bits per heavy atom. The van der Waals surface area contributed by atoms with Crippen LogP contribution in [0.2, 0.25) is 0 Å². The Balaban J connectivity index is 0.936. The summed E-state index contributed by atoms with van der Waals surface area (Å²) in [6, 6.07) is 92.1. The Morgan fingerprint density at radius 3 is 1.52 bits per heavy atom. The molecule has 0 amide bonds. The second kappa shape index (κ2) is 16.0. The van der Waals surface area contributed by atoms with E-state index in [2.05, 4.69) is 252 Å². The van der Waals surface area contributed by atoms with Crippen molar-refractivity contribution < 1.29 is 4.42 Å². The molecule has 2 heterocycles. The molecule has 0 bridgehead atoms. The Hall–Kier alpha value is -8.92. The summed E-state index contributed by atoms with van der Waals surface area (Å²) in [5.41, 5.74) is 18.0. The Kier molecular flexibility index (Phi) is 9.17. The first-order valence-corrected chi connectivity index (χ1v) is 22.9. The summed E-state index contributed by atoms with van der Waals surface area (Å²) < 4.78 is 8.65. The van der Waals surface area contributed by atoms with Gasteiger partial charge in [-0.3, -0.25) is 0 Å². The SMILES string of the molecule is c1ccc(-c2ccc(N(c3ccccc3)c3ccc4cc(-c5cc(-c6ccc7oc8ccccc8c7c6)cc(-c6ccc7c(c6)c6ccccc6n7-c6ccccc6)c5)ccc4c3)cc2)cc1. The van der Waals surface area contributed by atoms with E-state index in [9.17, 15) is 0 Å². The fourth-order valence-corrected chi connectivity index (χ4v) is 10.1. The van der Waals surface area contributed by atoms with Gasteiger partial charge in [-0.2, -0.15) is 0 Å². The average Bonchev–Trinajstić information content (AvgIpc) is 3.94. The van der Waals surface area contributed by atoms with Gasteiger partial charge in [-0.15, -0.1) is 0 Å². The maximum Gasteiger partial charge on any atom is 0.135 e. The molecule has 3 nitrogen and oxygen atoms in total. The van der Waals surface area contributed by atoms with Crippen molar-refractivity contribution in [2.45, 2.75) is 0 Å². The first kappa shape index (κ1) is 38.5. The third-order valence-corrected chi connectivity index (χ3v) is 13.3. The molecule has 0 saturated carbocycles. The minimum Gasteiger partial charge on any atom is -0.456 e. The fraction of sp³-hybridized carbons (Fsp3) is 0. The quantitative estimate of drug-likeness (QED) is 0.152. The summed E-state index contributed by atoms with van der Waals surface area (Å²) in [5, 5.41) is 7.07. The number of benzene rings is 11. The number of furan rings is 1. The summed E-state index contributed by atoms with van der Waals surface area (Å²) in [4.78, 5) is 2.34. The van der Waals surface area contributed by atoms with E-state index in [0.717, 1.165) is 72.5 Å². The van der Waals surface area contributed by atoms with Gasteiger partial charge < -0.3 is 13.9 Å². The number of aromatic nitrogens is 1. The summed E-state index contributed by atoms with van der Waals surface area (Å²) in [7, 11) is 0. The Bertz CT molecular complexity index is 3960. The van der Waals surface area contributed by atoms with Crippen LogP contribution in [-0.4, -0.2) is 4.57 Å². The van der Waals surface area contributed by atoms with E-state index in [4.69, 9.17) is 4.42 Å². The topological polar surface area (TPSA) is 21.3 Å². The van der Waals surface area contributed by atoms with Crippen molar-refractivity contribution in [1.82, 2.24) is 4.57 Å². The lowest BCUT2D eigenvalue weighted by molar-refractivity contribution is 0.669. The van der Waals surface area contributed by atoms with Gasteiger partial charge in [0.1, 0.15) is 11.2 Å². The number of hydrogen-bond acceptors (Lipinski definition) is 2. The zero-order valence-corrected chi connectivity index (χ0v) is 36.6. The molecule has 3 heteroatoms. The van der Waals surface area contributed by atoms with Crippen LogP contribution in [0.25, 0.3) is 105 Å². The van der Waals surface area contributed by atoms with Crippen LogP contribution in [0.5, 0.6) is 0 Å². The lowest BCUT2D eigenvalue weighted by Gasteiger charge is -2.26. The van der Waals surface area contributed by atoms with Gasteiger partial charge in [0.05, 0.1) is 11.0 Å².